The van der Waals surface area contributed by atoms with Crippen LogP contribution in [-0.4, -0.2) is 46.9 Å². The third-order valence-corrected chi connectivity index (χ3v) is 11.6. The van der Waals surface area contributed by atoms with Crippen molar-refractivity contribution in [2.45, 2.75) is 270 Å². The molecule has 1 amide bonds. The molecule has 0 saturated carbocycles. The van der Waals surface area contributed by atoms with Crippen molar-refractivity contribution >= 4 is 11.9 Å². The van der Waals surface area contributed by atoms with Gasteiger partial charge in [-0.2, -0.15) is 0 Å². The minimum Gasteiger partial charge on any atom is -0.462 e. The maximum absolute atomic E-state index is 13.2. The zero-order chi connectivity index (χ0) is 44.5. The monoisotopic (exact) mass is 854 g/mol. The van der Waals surface area contributed by atoms with Crippen molar-refractivity contribution < 1.29 is 24.5 Å². The summed E-state index contributed by atoms with van der Waals surface area (Å²) in [5.74, 6) is -0.509. The molecule has 3 atom stereocenters. The lowest BCUT2D eigenvalue weighted by Crippen LogP contribution is -2.46. The predicted octanol–water partition coefficient (Wildman–Crippen LogP) is 15.6. The van der Waals surface area contributed by atoms with Crippen molar-refractivity contribution in [3.05, 3.63) is 60.8 Å². The molecule has 0 aliphatic carbocycles. The molecule has 354 valence electrons. The normalized spacial score (nSPS) is 13.7. The molecule has 0 bridgehead atoms. The second kappa shape index (κ2) is 48.6. The minimum absolute atomic E-state index is 0.0644. The quantitative estimate of drug-likeness (QED) is 0.0322. The smallest absolute Gasteiger partial charge is 0.306 e. The molecule has 0 saturated heterocycles. The van der Waals surface area contributed by atoms with E-state index in [0.29, 0.717) is 19.3 Å². The van der Waals surface area contributed by atoms with E-state index in [-0.39, 0.29) is 24.9 Å². The Hall–Kier alpha value is -2.44. The molecule has 0 fully saturated rings. The summed E-state index contributed by atoms with van der Waals surface area (Å²) >= 11 is 0. The molecule has 0 heterocycles. The summed E-state index contributed by atoms with van der Waals surface area (Å²) in [5, 5.41) is 23.7. The van der Waals surface area contributed by atoms with Crippen LogP contribution in [0, 0.1) is 0 Å². The molecule has 0 aliphatic rings. The molecule has 6 heteroatoms. The molecular formula is C55H99NO5. The van der Waals surface area contributed by atoms with E-state index in [0.717, 1.165) is 96.3 Å². The summed E-state index contributed by atoms with van der Waals surface area (Å²) in [7, 11) is 0. The molecule has 0 radical (unpaired) electrons. The number of aliphatic hydroxyl groups excluding tert-OH is 2. The summed E-state index contributed by atoms with van der Waals surface area (Å²) in [5.41, 5.74) is 0. The highest BCUT2D eigenvalue weighted by Crippen LogP contribution is 2.18. The van der Waals surface area contributed by atoms with Crippen LogP contribution in [0.15, 0.2) is 60.8 Å². The standard InChI is InChI=1S/C55H99NO5/c1-4-7-10-13-16-19-21-23-25-26-27-28-29-31-33-36-39-42-45-48-55(60)61-51(46-43-40-37-34-18-15-12-9-6-3)49-54(59)56-52(50-57)53(58)47-44-41-38-35-32-30-24-22-20-17-14-11-8-5-2/h7,10,16,19,23,25,27-28,31,33,51-53,57-58H,4-6,8-9,11-15,17-18,20-22,24,26,29-30,32,34-50H2,1-3H3,(H,56,59)/b10-7-,19-16-,25-23-,28-27-,33-31-. The topological polar surface area (TPSA) is 95.9 Å². The van der Waals surface area contributed by atoms with E-state index in [9.17, 15) is 19.8 Å². The lowest BCUT2D eigenvalue weighted by Gasteiger charge is -2.24. The molecule has 0 aromatic heterocycles. The lowest BCUT2D eigenvalue weighted by molar-refractivity contribution is -0.151. The van der Waals surface area contributed by atoms with Gasteiger partial charge in [0.1, 0.15) is 6.10 Å². The minimum atomic E-state index is -0.792. The molecule has 0 aliphatic heterocycles. The summed E-state index contributed by atoms with van der Waals surface area (Å²) in [6.45, 7) is 6.35. The number of hydrogen-bond acceptors (Lipinski definition) is 5. The predicted molar refractivity (Wildman–Crippen MR) is 264 cm³/mol. The third-order valence-electron chi connectivity index (χ3n) is 11.6. The third kappa shape index (κ3) is 44.0. The SMILES string of the molecule is CC/C=C\C/C=C\C/C=C\C/C=C\C/C=C\CCCCCC(=O)OC(CCCCCCCCCCC)CC(=O)NC(CO)C(O)CCCCCCCCCCCCCCCC. The zero-order valence-corrected chi connectivity index (χ0v) is 40.3. The number of allylic oxidation sites excluding steroid dienone is 10. The zero-order valence-electron chi connectivity index (χ0n) is 40.3. The van der Waals surface area contributed by atoms with Crippen LogP contribution < -0.4 is 5.32 Å². The Balaban J connectivity index is 4.50. The van der Waals surface area contributed by atoms with Crippen LogP contribution in [0.3, 0.4) is 0 Å². The van der Waals surface area contributed by atoms with Gasteiger partial charge in [-0.25, -0.2) is 0 Å². The second-order valence-corrected chi connectivity index (χ2v) is 17.5. The van der Waals surface area contributed by atoms with Gasteiger partial charge >= 0.3 is 5.97 Å². The summed E-state index contributed by atoms with van der Waals surface area (Å²) in [6.07, 6.45) is 60.0. The van der Waals surface area contributed by atoms with Crippen molar-refractivity contribution in [1.29, 1.82) is 0 Å². The average Bonchev–Trinajstić information content (AvgIpc) is 3.25. The number of ether oxygens (including phenoxy) is 1. The number of aliphatic hydroxyl groups is 2. The van der Waals surface area contributed by atoms with E-state index in [2.05, 4.69) is 86.8 Å². The van der Waals surface area contributed by atoms with Gasteiger partial charge in [0, 0.05) is 6.42 Å². The highest BCUT2D eigenvalue weighted by molar-refractivity contribution is 5.77. The first-order valence-corrected chi connectivity index (χ1v) is 26.0. The Morgan fingerprint density at radius 1 is 0.492 bits per heavy atom. The van der Waals surface area contributed by atoms with Gasteiger partial charge in [0.2, 0.25) is 5.91 Å². The van der Waals surface area contributed by atoms with E-state index in [1.165, 1.54) is 109 Å². The van der Waals surface area contributed by atoms with Crippen molar-refractivity contribution in [3.63, 3.8) is 0 Å². The molecule has 0 rings (SSSR count). The maximum atomic E-state index is 13.2. The molecule has 3 unspecified atom stereocenters. The van der Waals surface area contributed by atoms with Gasteiger partial charge in [-0.1, -0.05) is 229 Å². The fraction of sp³-hybridized carbons (Fsp3) is 0.782. The largest absolute Gasteiger partial charge is 0.462 e. The van der Waals surface area contributed by atoms with Crippen LogP contribution in [0.25, 0.3) is 0 Å². The Bertz CT molecular complexity index is 1090. The molecular weight excluding hydrogens is 755 g/mol. The fourth-order valence-electron chi connectivity index (χ4n) is 7.69. The number of hydrogen-bond donors (Lipinski definition) is 3. The second-order valence-electron chi connectivity index (χ2n) is 17.5. The molecule has 61 heavy (non-hydrogen) atoms. The Labute approximate surface area is 378 Å². The van der Waals surface area contributed by atoms with Gasteiger partial charge in [0.25, 0.3) is 0 Å². The summed E-state index contributed by atoms with van der Waals surface area (Å²) in [6, 6.07) is -0.707. The first-order chi connectivity index (χ1) is 30.0. The van der Waals surface area contributed by atoms with Gasteiger partial charge < -0.3 is 20.3 Å². The van der Waals surface area contributed by atoms with Crippen molar-refractivity contribution in [3.8, 4) is 0 Å². The van der Waals surface area contributed by atoms with Crippen molar-refractivity contribution in [2.24, 2.45) is 0 Å². The van der Waals surface area contributed by atoms with Crippen LogP contribution in [0.5, 0.6) is 0 Å². The van der Waals surface area contributed by atoms with Crippen molar-refractivity contribution in [1.82, 2.24) is 5.32 Å². The molecule has 0 spiro atoms. The van der Waals surface area contributed by atoms with Crippen molar-refractivity contribution in [2.75, 3.05) is 6.61 Å². The number of carbonyl (C=O) groups is 2. The summed E-state index contributed by atoms with van der Waals surface area (Å²) < 4.78 is 5.91. The maximum Gasteiger partial charge on any atom is 0.306 e. The Morgan fingerprint density at radius 2 is 0.885 bits per heavy atom. The summed E-state index contributed by atoms with van der Waals surface area (Å²) in [4.78, 5) is 26.1. The fourth-order valence-corrected chi connectivity index (χ4v) is 7.69. The van der Waals surface area contributed by atoms with Crippen LogP contribution in [0.4, 0.5) is 0 Å². The highest BCUT2D eigenvalue weighted by Gasteiger charge is 2.24. The number of esters is 1. The van der Waals surface area contributed by atoms with Gasteiger partial charge in [-0.3, -0.25) is 9.59 Å². The van der Waals surface area contributed by atoms with E-state index in [1.54, 1.807) is 0 Å². The first kappa shape index (κ1) is 58.6. The molecule has 6 nitrogen and oxygen atoms in total. The van der Waals surface area contributed by atoms with Gasteiger partial charge in [-0.15, -0.1) is 0 Å². The number of unbranched alkanes of at least 4 members (excludes halogenated alkanes) is 24. The number of rotatable bonds is 46. The van der Waals surface area contributed by atoms with E-state index < -0.39 is 18.2 Å². The van der Waals surface area contributed by atoms with Gasteiger partial charge in [0.05, 0.1) is 25.2 Å². The number of nitrogens with one attached hydrogen (secondary N) is 1. The van der Waals surface area contributed by atoms with Gasteiger partial charge in [0.15, 0.2) is 0 Å². The highest BCUT2D eigenvalue weighted by atomic mass is 16.5. The van der Waals surface area contributed by atoms with E-state index in [1.807, 2.05) is 0 Å². The first-order valence-electron chi connectivity index (χ1n) is 26.0. The average molecular weight is 854 g/mol. The van der Waals surface area contributed by atoms with Crippen LogP contribution in [-0.2, 0) is 14.3 Å². The number of carbonyl (C=O) groups excluding carboxylic acids is 2. The Kier molecular flexibility index (Phi) is 46.6. The Morgan fingerprint density at radius 3 is 1.33 bits per heavy atom. The molecule has 0 aromatic rings. The van der Waals surface area contributed by atoms with Crippen LogP contribution >= 0.6 is 0 Å². The van der Waals surface area contributed by atoms with Crippen LogP contribution in [0.2, 0.25) is 0 Å². The van der Waals surface area contributed by atoms with E-state index in [4.69, 9.17) is 4.74 Å². The van der Waals surface area contributed by atoms with Crippen LogP contribution in [0.1, 0.15) is 252 Å². The molecule has 0 aromatic carbocycles. The van der Waals surface area contributed by atoms with Gasteiger partial charge in [-0.05, 0) is 70.6 Å². The number of amides is 1. The van der Waals surface area contributed by atoms with E-state index >= 15 is 0 Å². The lowest BCUT2D eigenvalue weighted by atomic mass is 10.0. The molecule has 3 N–H and O–H groups in total.